The largest absolute Gasteiger partial charge is 0.325 e. The molecule has 1 amide bonds. The fourth-order valence-corrected chi connectivity index (χ4v) is 1.81. The van der Waals surface area contributed by atoms with Gasteiger partial charge in [-0.3, -0.25) is 9.78 Å². The first-order valence-corrected chi connectivity index (χ1v) is 6.08. The summed E-state index contributed by atoms with van der Waals surface area (Å²) in [6.07, 6.45) is 3.40. The molecule has 92 valence electrons. The number of halogens is 2. The van der Waals surface area contributed by atoms with Gasteiger partial charge in [0.05, 0.1) is 16.6 Å². The Morgan fingerprint density at radius 1 is 1.28 bits per heavy atom. The van der Waals surface area contributed by atoms with Crippen LogP contribution in [0.2, 0.25) is 0 Å². The van der Waals surface area contributed by atoms with Crippen LogP contribution in [0.15, 0.2) is 47.2 Å². The van der Waals surface area contributed by atoms with Crippen LogP contribution < -0.4 is 5.32 Å². The van der Waals surface area contributed by atoms with E-state index in [-0.39, 0.29) is 18.1 Å². The van der Waals surface area contributed by atoms with Gasteiger partial charge in [0.2, 0.25) is 5.91 Å². The molecule has 0 aliphatic carbocycles. The fourth-order valence-electron chi connectivity index (χ4n) is 1.46. The molecule has 0 spiro atoms. The second kappa shape index (κ2) is 5.73. The topological polar surface area (TPSA) is 42.0 Å². The quantitative estimate of drug-likeness (QED) is 0.946. The molecule has 0 unspecified atom stereocenters. The van der Waals surface area contributed by atoms with Gasteiger partial charge in [-0.15, -0.1) is 0 Å². The second-order valence-corrected chi connectivity index (χ2v) is 4.56. The van der Waals surface area contributed by atoms with E-state index >= 15 is 0 Å². The minimum atomic E-state index is -0.309. The normalized spacial score (nSPS) is 10.1. The number of benzene rings is 1. The van der Waals surface area contributed by atoms with E-state index in [9.17, 15) is 9.18 Å². The number of anilines is 1. The van der Waals surface area contributed by atoms with E-state index < -0.39 is 0 Å². The molecule has 0 saturated carbocycles. The third-order valence-corrected chi connectivity index (χ3v) is 2.96. The van der Waals surface area contributed by atoms with Crippen molar-refractivity contribution in [1.29, 1.82) is 0 Å². The third-order valence-electron chi connectivity index (χ3n) is 2.32. The van der Waals surface area contributed by atoms with Crippen molar-refractivity contribution in [1.82, 2.24) is 4.98 Å². The smallest absolute Gasteiger partial charge is 0.228 e. The number of carbonyl (C=O) groups excluding carboxylic acids is 1. The first-order valence-electron chi connectivity index (χ1n) is 5.29. The monoisotopic (exact) mass is 308 g/mol. The number of rotatable bonds is 3. The minimum Gasteiger partial charge on any atom is -0.325 e. The predicted octanol–water partition coefficient (Wildman–Crippen LogP) is 3.16. The molecule has 0 radical (unpaired) electrons. The summed E-state index contributed by atoms with van der Waals surface area (Å²) in [5.41, 5.74) is 1.43. The molecule has 0 saturated heterocycles. The van der Waals surface area contributed by atoms with Crippen LogP contribution in [0.25, 0.3) is 0 Å². The van der Waals surface area contributed by atoms with Crippen LogP contribution in [-0.4, -0.2) is 10.9 Å². The van der Waals surface area contributed by atoms with Gasteiger partial charge in [0.1, 0.15) is 5.82 Å². The van der Waals surface area contributed by atoms with Crippen LogP contribution in [-0.2, 0) is 11.2 Å². The lowest BCUT2D eigenvalue weighted by Crippen LogP contribution is -2.14. The third kappa shape index (κ3) is 3.37. The molecule has 1 aromatic heterocycles. The van der Waals surface area contributed by atoms with Gasteiger partial charge >= 0.3 is 0 Å². The number of amides is 1. The summed E-state index contributed by atoms with van der Waals surface area (Å²) in [6, 6.07) is 7.57. The molecule has 0 bridgehead atoms. The molecule has 1 aromatic carbocycles. The minimum absolute atomic E-state index is 0.159. The standard InChI is InChI=1S/C13H10BrFN2O/c14-11-8-16-6-5-12(11)17-13(18)7-9-1-3-10(15)4-2-9/h1-6,8H,7H2,(H,16,17,18). The maximum absolute atomic E-state index is 12.7. The van der Waals surface area contributed by atoms with E-state index in [4.69, 9.17) is 0 Å². The summed E-state index contributed by atoms with van der Waals surface area (Å²) in [6.45, 7) is 0. The lowest BCUT2D eigenvalue weighted by Gasteiger charge is -2.06. The Morgan fingerprint density at radius 3 is 2.67 bits per heavy atom. The molecular weight excluding hydrogens is 299 g/mol. The van der Waals surface area contributed by atoms with E-state index in [1.165, 1.54) is 12.1 Å². The van der Waals surface area contributed by atoms with Crippen LogP contribution in [0.4, 0.5) is 10.1 Å². The number of nitrogens with zero attached hydrogens (tertiary/aromatic N) is 1. The number of carbonyl (C=O) groups is 1. The molecule has 0 fully saturated rings. The molecule has 18 heavy (non-hydrogen) atoms. The lowest BCUT2D eigenvalue weighted by atomic mass is 10.1. The van der Waals surface area contributed by atoms with E-state index in [1.807, 2.05) is 0 Å². The lowest BCUT2D eigenvalue weighted by molar-refractivity contribution is -0.115. The highest BCUT2D eigenvalue weighted by Crippen LogP contribution is 2.20. The van der Waals surface area contributed by atoms with Crippen molar-refractivity contribution in [3.05, 3.63) is 58.6 Å². The van der Waals surface area contributed by atoms with Gasteiger partial charge in [0.15, 0.2) is 0 Å². The molecule has 2 aromatic rings. The summed E-state index contributed by atoms with van der Waals surface area (Å²) in [4.78, 5) is 15.7. The van der Waals surface area contributed by atoms with Gasteiger partial charge in [-0.1, -0.05) is 12.1 Å². The fraction of sp³-hybridized carbons (Fsp3) is 0.0769. The second-order valence-electron chi connectivity index (χ2n) is 3.71. The Bertz CT molecular complexity index is 557. The Balaban J connectivity index is 2.01. The Hall–Kier alpha value is -1.75. The van der Waals surface area contributed by atoms with Crippen molar-refractivity contribution in [2.45, 2.75) is 6.42 Å². The average molecular weight is 309 g/mol. The van der Waals surface area contributed by atoms with Crippen LogP contribution in [0.5, 0.6) is 0 Å². The number of hydrogen-bond acceptors (Lipinski definition) is 2. The van der Waals surface area contributed by atoms with Crippen molar-refractivity contribution in [3.63, 3.8) is 0 Å². The molecule has 5 heteroatoms. The first kappa shape index (κ1) is 12.7. The average Bonchev–Trinajstić information content (AvgIpc) is 2.35. The van der Waals surface area contributed by atoms with Crippen LogP contribution in [0.1, 0.15) is 5.56 Å². The highest BCUT2D eigenvalue weighted by Gasteiger charge is 2.06. The Kier molecular flexibility index (Phi) is 4.04. The molecular formula is C13H10BrFN2O. The Morgan fingerprint density at radius 2 is 2.00 bits per heavy atom. The summed E-state index contributed by atoms with van der Waals surface area (Å²) in [5.74, 6) is -0.468. The zero-order valence-electron chi connectivity index (χ0n) is 9.36. The molecule has 3 nitrogen and oxygen atoms in total. The van der Waals surface area contributed by atoms with E-state index in [0.717, 1.165) is 10.0 Å². The van der Waals surface area contributed by atoms with Gasteiger partial charge in [-0.25, -0.2) is 4.39 Å². The van der Waals surface area contributed by atoms with Crippen LogP contribution >= 0.6 is 15.9 Å². The van der Waals surface area contributed by atoms with Crippen molar-refractivity contribution >= 4 is 27.5 Å². The highest BCUT2D eigenvalue weighted by atomic mass is 79.9. The number of aromatic nitrogens is 1. The van der Waals surface area contributed by atoms with Crippen molar-refractivity contribution in [2.24, 2.45) is 0 Å². The number of nitrogens with one attached hydrogen (secondary N) is 1. The summed E-state index contributed by atoms with van der Waals surface area (Å²) < 4.78 is 13.4. The van der Waals surface area contributed by atoms with Gasteiger partial charge in [-0.2, -0.15) is 0 Å². The molecule has 0 atom stereocenters. The zero-order valence-corrected chi connectivity index (χ0v) is 10.9. The van der Waals surface area contributed by atoms with Gasteiger partial charge in [0, 0.05) is 12.4 Å². The molecule has 1 N–H and O–H groups in total. The van der Waals surface area contributed by atoms with Crippen LogP contribution in [0, 0.1) is 5.82 Å². The van der Waals surface area contributed by atoms with Gasteiger partial charge in [-0.05, 0) is 39.7 Å². The number of hydrogen-bond donors (Lipinski definition) is 1. The first-order chi connectivity index (χ1) is 8.65. The van der Waals surface area contributed by atoms with Crippen LogP contribution in [0.3, 0.4) is 0 Å². The van der Waals surface area contributed by atoms with Gasteiger partial charge < -0.3 is 5.32 Å². The summed E-state index contributed by atoms with van der Waals surface area (Å²) >= 11 is 3.29. The zero-order chi connectivity index (χ0) is 13.0. The van der Waals surface area contributed by atoms with E-state index in [1.54, 1.807) is 30.6 Å². The Labute approximate surface area is 112 Å². The SMILES string of the molecule is O=C(Cc1ccc(F)cc1)Nc1ccncc1Br. The van der Waals surface area contributed by atoms with E-state index in [2.05, 4.69) is 26.2 Å². The van der Waals surface area contributed by atoms with E-state index in [0.29, 0.717) is 5.69 Å². The number of pyridine rings is 1. The molecule has 0 aliphatic heterocycles. The maximum Gasteiger partial charge on any atom is 0.228 e. The van der Waals surface area contributed by atoms with Crippen molar-refractivity contribution in [3.8, 4) is 0 Å². The molecule has 2 rings (SSSR count). The maximum atomic E-state index is 12.7. The summed E-state index contributed by atoms with van der Waals surface area (Å²) in [5, 5.41) is 2.75. The predicted molar refractivity (Wildman–Crippen MR) is 70.7 cm³/mol. The van der Waals surface area contributed by atoms with Crippen molar-refractivity contribution < 1.29 is 9.18 Å². The molecule has 1 heterocycles. The highest BCUT2D eigenvalue weighted by molar-refractivity contribution is 9.10. The molecule has 0 aliphatic rings. The van der Waals surface area contributed by atoms with Crippen molar-refractivity contribution in [2.75, 3.05) is 5.32 Å². The van der Waals surface area contributed by atoms with Gasteiger partial charge in [0.25, 0.3) is 0 Å². The summed E-state index contributed by atoms with van der Waals surface area (Å²) in [7, 11) is 0.